The third-order valence-corrected chi connectivity index (χ3v) is 3.41. The van der Waals surface area contributed by atoms with Crippen molar-refractivity contribution < 1.29 is 19.5 Å². The summed E-state index contributed by atoms with van der Waals surface area (Å²) in [5.41, 5.74) is -2.84. The van der Waals surface area contributed by atoms with Gasteiger partial charge >= 0.3 is 11.4 Å². The van der Waals surface area contributed by atoms with Crippen molar-refractivity contribution in [3.63, 3.8) is 0 Å². The lowest BCUT2D eigenvalue weighted by Gasteiger charge is -2.12. The fourth-order valence-electron chi connectivity index (χ4n) is 2.07. The molecule has 0 bridgehead atoms. The maximum atomic E-state index is 11.2. The van der Waals surface area contributed by atoms with E-state index in [9.17, 15) is 30.3 Å². The van der Waals surface area contributed by atoms with Gasteiger partial charge in [0, 0.05) is 0 Å². The Hall–Kier alpha value is -3.47. The second kappa shape index (κ2) is 6.97. The number of hydrogen-bond acceptors (Lipinski definition) is 8. The molecule has 2 aromatic carbocycles. The van der Waals surface area contributed by atoms with Crippen LogP contribution in [-0.4, -0.2) is 21.9 Å². The monoisotopic (exact) mass is 368 g/mol. The Morgan fingerprint density at radius 3 is 2.00 bits per heavy atom. The number of rotatable bonds is 6. The first-order valence-corrected chi connectivity index (χ1v) is 6.84. The van der Waals surface area contributed by atoms with E-state index in [-0.39, 0.29) is 16.5 Å². The van der Waals surface area contributed by atoms with Crippen LogP contribution in [-0.2, 0) is 0 Å². The smallest absolute Gasteiger partial charge is 0.306 e. The van der Waals surface area contributed by atoms with Crippen molar-refractivity contribution in [2.45, 2.75) is 0 Å². The molecule has 25 heavy (non-hydrogen) atoms. The lowest BCUT2D eigenvalue weighted by atomic mass is 10.2. The van der Waals surface area contributed by atoms with E-state index in [1.807, 2.05) is 0 Å². The van der Waals surface area contributed by atoms with Gasteiger partial charge in [0.25, 0.3) is 5.69 Å². The van der Waals surface area contributed by atoms with Crippen molar-refractivity contribution in [3.8, 4) is 5.75 Å². The van der Waals surface area contributed by atoms with Crippen LogP contribution in [0.25, 0.3) is 0 Å². The molecule has 0 aliphatic carbocycles. The summed E-state index contributed by atoms with van der Waals surface area (Å²) in [5.74, 6) is 0.103. The summed E-state index contributed by atoms with van der Waals surface area (Å²) >= 11 is 5.95. The molecule has 11 nitrogen and oxygen atoms in total. The highest BCUT2D eigenvalue weighted by Gasteiger charge is 2.31. The van der Waals surface area contributed by atoms with E-state index in [4.69, 9.17) is 16.3 Å². The van der Waals surface area contributed by atoms with Gasteiger partial charge < -0.3 is 10.1 Å². The maximum Gasteiger partial charge on any atom is 0.306 e. The van der Waals surface area contributed by atoms with Gasteiger partial charge in [-0.05, 0) is 12.1 Å². The molecule has 0 aromatic heterocycles. The molecule has 0 heterocycles. The molecule has 0 saturated carbocycles. The number of nitrogens with zero attached hydrogens (tertiary/aromatic N) is 3. The first kappa shape index (κ1) is 17.9. The van der Waals surface area contributed by atoms with E-state index < -0.39 is 37.5 Å². The third kappa shape index (κ3) is 3.55. The van der Waals surface area contributed by atoms with Gasteiger partial charge in [-0.2, -0.15) is 0 Å². The molecule has 0 atom stereocenters. The predicted molar refractivity (Wildman–Crippen MR) is 87.7 cm³/mol. The van der Waals surface area contributed by atoms with Crippen molar-refractivity contribution in [1.29, 1.82) is 0 Å². The number of ether oxygens (including phenoxy) is 1. The summed E-state index contributed by atoms with van der Waals surface area (Å²) in [6, 6.07) is 5.68. The summed E-state index contributed by atoms with van der Waals surface area (Å²) in [7, 11) is 1.30. The lowest BCUT2D eigenvalue weighted by Crippen LogP contribution is -2.04. The van der Waals surface area contributed by atoms with Gasteiger partial charge in [-0.1, -0.05) is 17.7 Å². The normalized spacial score (nSPS) is 10.2. The fourth-order valence-corrected chi connectivity index (χ4v) is 2.32. The minimum Gasteiger partial charge on any atom is -0.493 e. The van der Waals surface area contributed by atoms with Crippen LogP contribution in [0.3, 0.4) is 0 Å². The van der Waals surface area contributed by atoms with Crippen molar-refractivity contribution in [1.82, 2.24) is 0 Å². The highest BCUT2D eigenvalue weighted by molar-refractivity contribution is 6.32. The average molecular weight is 369 g/mol. The van der Waals surface area contributed by atoms with Crippen molar-refractivity contribution in [2.75, 3.05) is 12.4 Å². The molecule has 0 radical (unpaired) electrons. The minimum absolute atomic E-state index is 0.103. The van der Waals surface area contributed by atoms with Gasteiger partial charge in [0.05, 0.1) is 44.7 Å². The summed E-state index contributed by atoms with van der Waals surface area (Å²) in [5, 5.41) is 36.0. The Kier molecular flexibility index (Phi) is 4.98. The molecular formula is C13H9ClN4O7. The number of nitro groups is 3. The Morgan fingerprint density at radius 2 is 1.56 bits per heavy atom. The molecule has 1 N–H and O–H groups in total. The summed E-state index contributed by atoms with van der Waals surface area (Å²) in [6.07, 6.45) is 0. The SMILES string of the molecule is COc1c(Cl)cccc1Nc1c([N+](=O)[O-])cc([N+](=O)[O-])cc1[N+](=O)[O-]. The van der Waals surface area contributed by atoms with Crippen LogP contribution in [0, 0.1) is 30.3 Å². The largest absolute Gasteiger partial charge is 0.493 e. The molecule has 0 fully saturated rings. The lowest BCUT2D eigenvalue weighted by molar-refractivity contribution is -0.401. The maximum absolute atomic E-state index is 11.2. The summed E-state index contributed by atoms with van der Waals surface area (Å²) in [4.78, 5) is 30.5. The number of benzene rings is 2. The van der Waals surface area contributed by atoms with Crippen LogP contribution in [0.4, 0.5) is 28.4 Å². The van der Waals surface area contributed by atoms with Crippen molar-refractivity contribution in [2.24, 2.45) is 0 Å². The first-order valence-electron chi connectivity index (χ1n) is 6.47. The highest BCUT2D eigenvalue weighted by Crippen LogP contribution is 2.42. The van der Waals surface area contributed by atoms with E-state index >= 15 is 0 Å². The van der Waals surface area contributed by atoms with E-state index in [1.54, 1.807) is 0 Å². The Labute approximate surface area is 144 Å². The number of nitrogens with one attached hydrogen (secondary N) is 1. The molecule has 0 aliphatic rings. The Balaban J connectivity index is 2.72. The molecule has 0 amide bonds. The zero-order chi connectivity index (χ0) is 18.7. The van der Waals surface area contributed by atoms with Crippen LogP contribution >= 0.6 is 11.6 Å². The van der Waals surface area contributed by atoms with Crippen molar-refractivity contribution >= 4 is 40.0 Å². The molecule has 0 saturated heterocycles. The molecule has 130 valence electrons. The molecule has 0 aliphatic heterocycles. The number of halogens is 1. The number of non-ortho nitro benzene ring substituents is 1. The first-order chi connectivity index (χ1) is 11.8. The van der Waals surface area contributed by atoms with Crippen LogP contribution in [0.2, 0.25) is 5.02 Å². The van der Waals surface area contributed by atoms with Crippen LogP contribution in [0.1, 0.15) is 0 Å². The van der Waals surface area contributed by atoms with Gasteiger partial charge in [-0.25, -0.2) is 0 Å². The summed E-state index contributed by atoms with van der Waals surface area (Å²) in [6.45, 7) is 0. The molecule has 0 unspecified atom stereocenters. The topological polar surface area (TPSA) is 151 Å². The van der Waals surface area contributed by atoms with Crippen LogP contribution in [0.5, 0.6) is 5.75 Å². The van der Waals surface area contributed by atoms with Gasteiger partial charge in [-0.15, -0.1) is 0 Å². The zero-order valence-electron chi connectivity index (χ0n) is 12.5. The standard InChI is InChI=1S/C13H9ClN4O7/c1-25-13-8(14)3-2-4-9(13)15-12-10(17(21)22)5-7(16(19)20)6-11(12)18(23)24/h2-6,15H,1H3. The number of nitro benzene ring substituents is 3. The second-order valence-corrected chi connectivity index (χ2v) is 4.98. The number of para-hydroxylation sites is 1. The number of hydrogen-bond donors (Lipinski definition) is 1. The van der Waals surface area contributed by atoms with Crippen molar-refractivity contribution in [3.05, 3.63) is 65.7 Å². The zero-order valence-corrected chi connectivity index (χ0v) is 13.2. The van der Waals surface area contributed by atoms with E-state index in [2.05, 4.69) is 5.32 Å². The second-order valence-electron chi connectivity index (χ2n) is 4.58. The minimum atomic E-state index is -0.959. The van der Waals surface area contributed by atoms with Gasteiger partial charge in [-0.3, -0.25) is 30.3 Å². The van der Waals surface area contributed by atoms with Gasteiger partial charge in [0.2, 0.25) is 0 Å². The van der Waals surface area contributed by atoms with Crippen LogP contribution in [0.15, 0.2) is 30.3 Å². The van der Waals surface area contributed by atoms with E-state index in [0.29, 0.717) is 12.1 Å². The fraction of sp³-hybridized carbons (Fsp3) is 0.0769. The number of methoxy groups -OCH3 is 1. The highest BCUT2D eigenvalue weighted by atomic mass is 35.5. The Morgan fingerprint density at radius 1 is 1.00 bits per heavy atom. The third-order valence-electron chi connectivity index (χ3n) is 3.12. The molecule has 0 spiro atoms. The average Bonchev–Trinajstić information content (AvgIpc) is 2.54. The number of anilines is 2. The summed E-state index contributed by atoms with van der Waals surface area (Å²) < 4.78 is 5.07. The Bertz CT molecular complexity index is 852. The van der Waals surface area contributed by atoms with E-state index in [1.165, 1.54) is 25.3 Å². The molecule has 12 heteroatoms. The van der Waals surface area contributed by atoms with Gasteiger partial charge in [0.15, 0.2) is 11.4 Å². The predicted octanol–water partition coefficient (Wildman–Crippen LogP) is 3.82. The molecule has 2 aromatic rings. The van der Waals surface area contributed by atoms with E-state index in [0.717, 1.165) is 0 Å². The molecular weight excluding hydrogens is 360 g/mol. The van der Waals surface area contributed by atoms with Gasteiger partial charge in [0.1, 0.15) is 0 Å². The quantitative estimate of drug-likeness (QED) is 0.596. The van der Waals surface area contributed by atoms with Crippen LogP contribution < -0.4 is 10.1 Å². The molecule has 2 rings (SSSR count).